The van der Waals surface area contributed by atoms with Gasteiger partial charge in [-0.3, -0.25) is 28.0 Å². The summed E-state index contributed by atoms with van der Waals surface area (Å²) in [6, 6.07) is 0.737. The van der Waals surface area contributed by atoms with E-state index in [1.807, 2.05) is 0 Å². The number of hydrogen-bond acceptors (Lipinski definition) is 18. The highest BCUT2D eigenvalue weighted by Gasteiger charge is 2.58. The molecule has 24 nitrogen and oxygen atoms in total. The third-order valence-corrected chi connectivity index (χ3v) is 10.8. The highest BCUT2D eigenvalue weighted by Crippen LogP contribution is 2.68. The number of aromatic amines is 1. The first-order chi connectivity index (χ1) is 21.5. The smallest absolute Gasteiger partial charge is 0.387 e. The number of aryl methyl sites for hydroxylation is 1. The molecule has 0 spiro atoms. The Hall–Kier alpha value is -2.54. The Balaban J connectivity index is 1.34. The molecule has 11 atom stereocenters. The van der Waals surface area contributed by atoms with Gasteiger partial charge >= 0.3 is 34.8 Å². The number of nitrogens with two attached hydrogens (primary N) is 1. The van der Waals surface area contributed by atoms with Crippen molar-refractivity contribution in [1.29, 1.82) is 0 Å². The fraction of sp³-hybridized carbons (Fsp3) is 0.579. The van der Waals surface area contributed by atoms with Crippen LogP contribution in [0.4, 0.5) is 10.2 Å². The van der Waals surface area contributed by atoms with Crippen molar-refractivity contribution in [2.75, 3.05) is 18.9 Å². The van der Waals surface area contributed by atoms with Crippen LogP contribution in [0.25, 0.3) is 0 Å². The number of hydrogen-bond donors (Lipinski definition) is 9. The molecule has 10 N–H and O–H groups in total. The number of ether oxygens (including phenoxy) is 2. The maximum Gasteiger partial charge on any atom is 0.490 e. The average molecular weight is 741 g/mol. The Morgan fingerprint density at radius 2 is 1.55 bits per heavy atom. The second-order valence-electron chi connectivity index (χ2n) is 9.92. The summed E-state index contributed by atoms with van der Waals surface area (Å²) < 4.78 is 79.5. The van der Waals surface area contributed by atoms with E-state index in [-0.39, 0.29) is 11.4 Å². The summed E-state index contributed by atoms with van der Waals surface area (Å²) in [5.41, 5.74) is 2.64. The maximum absolute atomic E-state index is 14.8. The number of aromatic nitrogens is 4. The molecule has 0 radical (unpaired) electrons. The lowest BCUT2D eigenvalue weighted by molar-refractivity contribution is -0.197. The van der Waals surface area contributed by atoms with E-state index in [9.17, 15) is 67.6 Å². The minimum atomic E-state index is -6.07. The predicted octanol–water partition coefficient (Wildman–Crippen LogP) is -3.41. The molecule has 47 heavy (non-hydrogen) atoms. The van der Waals surface area contributed by atoms with E-state index in [0.717, 1.165) is 16.8 Å². The minimum absolute atomic E-state index is 0.128. The van der Waals surface area contributed by atoms with Gasteiger partial charge in [-0.2, -0.15) is 13.6 Å². The van der Waals surface area contributed by atoms with Crippen molar-refractivity contribution >= 4 is 29.3 Å². The second kappa shape index (κ2) is 13.4. The van der Waals surface area contributed by atoms with Crippen LogP contribution in [0, 0.1) is 6.92 Å². The maximum atomic E-state index is 14.8. The van der Waals surface area contributed by atoms with E-state index in [4.69, 9.17) is 15.2 Å². The number of nitrogen functional groups attached to an aromatic ring is 1. The van der Waals surface area contributed by atoms with Crippen LogP contribution in [0.2, 0.25) is 0 Å². The van der Waals surface area contributed by atoms with Crippen molar-refractivity contribution in [3.05, 3.63) is 55.3 Å². The van der Waals surface area contributed by atoms with Crippen LogP contribution in [-0.4, -0.2) is 104 Å². The number of nitrogens with zero attached hydrogens (tertiary/aromatic N) is 3. The van der Waals surface area contributed by atoms with Gasteiger partial charge in [0.25, 0.3) is 11.4 Å². The van der Waals surface area contributed by atoms with Crippen LogP contribution in [-0.2, 0) is 40.8 Å². The molecular formula is C19H27FN5O19P3. The number of halogens is 1. The van der Waals surface area contributed by atoms with Gasteiger partial charge in [-0.05, 0) is 6.92 Å². The highest BCUT2D eigenvalue weighted by atomic mass is 31.3. The summed E-state index contributed by atoms with van der Waals surface area (Å²) in [5, 5.41) is 40.6. The van der Waals surface area contributed by atoms with Gasteiger partial charge in [0.15, 0.2) is 12.5 Å². The molecule has 0 saturated carbocycles. The van der Waals surface area contributed by atoms with Crippen molar-refractivity contribution in [2.45, 2.75) is 55.8 Å². The molecule has 4 heterocycles. The number of phosphoric ester groups is 2. The van der Waals surface area contributed by atoms with Crippen LogP contribution in [0.3, 0.4) is 0 Å². The SMILES string of the molecule is Cc1cn([C@@H]2O[C@H](COP(=O)(O)OP(=O)(O)OP(=O)(O)OC[C@H]3O[C@@H](n4ccc(=O)[nH]c4=O)[C@@](O)(F)[C@@H]3O)[C@@H](O)[C@H]2O)c(=O)nc1N. The number of aliphatic hydroxyl groups is 4. The van der Waals surface area contributed by atoms with Gasteiger partial charge in [0, 0.05) is 24.0 Å². The predicted molar refractivity (Wildman–Crippen MR) is 144 cm³/mol. The van der Waals surface area contributed by atoms with Gasteiger partial charge in [-0.1, -0.05) is 0 Å². The third-order valence-electron chi connectivity index (χ3n) is 6.52. The molecule has 0 bridgehead atoms. The zero-order valence-corrected chi connectivity index (χ0v) is 26.0. The third kappa shape index (κ3) is 8.37. The number of aliphatic hydroxyl groups excluding tert-OH is 3. The molecule has 2 aromatic rings. The quantitative estimate of drug-likeness (QED) is 0.0956. The van der Waals surface area contributed by atoms with Crippen LogP contribution in [0.15, 0.2) is 32.8 Å². The van der Waals surface area contributed by atoms with Crippen LogP contribution >= 0.6 is 23.5 Å². The molecule has 264 valence electrons. The van der Waals surface area contributed by atoms with Crippen molar-refractivity contribution in [2.24, 2.45) is 0 Å². The van der Waals surface area contributed by atoms with Crippen molar-refractivity contribution in [3.8, 4) is 0 Å². The van der Waals surface area contributed by atoms with E-state index in [1.54, 1.807) is 4.98 Å². The van der Waals surface area contributed by atoms with Crippen molar-refractivity contribution in [3.63, 3.8) is 0 Å². The monoisotopic (exact) mass is 741 g/mol. The first kappa shape index (κ1) is 37.3. The molecular weight excluding hydrogens is 714 g/mol. The lowest BCUT2D eigenvalue weighted by atomic mass is 10.1. The van der Waals surface area contributed by atoms with Crippen molar-refractivity contribution < 1.29 is 80.3 Å². The number of anilines is 1. The fourth-order valence-corrected chi connectivity index (χ4v) is 7.78. The van der Waals surface area contributed by atoms with E-state index < -0.39 is 102 Å². The first-order valence-electron chi connectivity index (χ1n) is 12.7. The van der Waals surface area contributed by atoms with Crippen LogP contribution in [0.1, 0.15) is 18.0 Å². The van der Waals surface area contributed by atoms with Crippen molar-refractivity contribution in [1.82, 2.24) is 19.1 Å². The number of phosphoric acid groups is 3. The van der Waals surface area contributed by atoms with Gasteiger partial charge in [0.05, 0.1) is 13.2 Å². The Labute approximate surface area is 259 Å². The molecule has 4 rings (SSSR count). The summed E-state index contributed by atoms with van der Waals surface area (Å²) in [7, 11) is -17.6. The van der Waals surface area contributed by atoms with Gasteiger partial charge < -0.3 is 50.3 Å². The Bertz CT molecular complexity index is 1820. The summed E-state index contributed by atoms with van der Waals surface area (Å²) >= 11 is 0. The zero-order chi connectivity index (χ0) is 35.3. The lowest BCUT2D eigenvalue weighted by Crippen LogP contribution is -2.45. The minimum Gasteiger partial charge on any atom is -0.387 e. The first-order valence-corrected chi connectivity index (χ1v) is 17.2. The summed E-state index contributed by atoms with van der Waals surface area (Å²) in [6.07, 6.45) is -12.1. The second-order valence-corrected chi connectivity index (χ2v) is 14.6. The molecule has 2 aromatic heterocycles. The molecule has 28 heteroatoms. The van der Waals surface area contributed by atoms with Gasteiger partial charge in [-0.15, -0.1) is 0 Å². The molecule has 0 aromatic carbocycles. The normalized spacial score (nSPS) is 33.3. The fourth-order valence-electron chi connectivity index (χ4n) is 4.26. The summed E-state index contributed by atoms with van der Waals surface area (Å²) in [5.74, 6) is -3.88. The summed E-state index contributed by atoms with van der Waals surface area (Å²) in [4.78, 5) is 70.0. The molecule has 3 unspecified atom stereocenters. The molecule has 2 aliphatic heterocycles. The van der Waals surface area contributed by atoms with Gasteiger partial charge in [-0.25, -0.2) is 27.7 Å². The lowest BCUT2D eigenvalue weighted by Gasteiger charge is -2.23. The Morgan fingerprint density at radius 3 is 2.13 bits per heavy atom. The average Bonchev–Trinajstić information content (AvgIpc) is 3.33. The topological polar surface area (TPSA) is 364 Å². The van der Waals surface area contributed by atoms with E-state index in [1.165, 1.54) is 6.92 Å². The Kier molecular flexibility index (Phi) is 10.6. The largest absolute Gasteiger partial charge is 0.490 e. The summed E-state index contributed by atoms with van der Waals surface area (Å²) in [6.45, 7) is -1.06. The number of alkyl halides is 1. The number of nitrogens with one attached hydrogen (secondary N) is 1. The zero-order valence-electron chi connectivity index (χ0n) is 23.4. The molecule has 2 fully saturated rings. The van der Waals surface area contributed by atoms with Gasteiger partial charge in [0.2, 0.25) is 0 Å². The van der Waals surface area contributed by atoms with Gasteiger partial charge in [0.1, 0.15) is 36.3 Å². The van der Waals surface area contributed by atoms with E-state index >= 15 is 0 Å². The molecule has 2 aliphatic rings. The molecule has 0 aliphatic carbocycles. The van der Waals surface area contributed by atoms with E-state index in [2.05, 4.69) is 22.7 Å². The van der Waals surface area contributed by atoms with E-state index in [0.29, 0.717) is 10.8 Å². The van der Waals surface area contributed by atoms with Crippen LogP contribution < -0.4 is 22.7 Å². The number of H-pyrrole nitrogens is 1. The Morgan fingerprint density at radius 1 is 0.979 bits per heavy atom. The van der Waals surface area contributed by atoms with Crippen LogP contribution in [0.5, 0.6) is 0 Å². The standard InChI is InChI=1S/C19H27FN5O19P3/c1-7-4-25(18(31)23-14(7)21)15-12(28)11(27)8(41-15)5-39-45(33,34)43-47(37,38)44-46(35,36)40-6-9-13(29)19(20,32)16(42-9)24-3-2-10(26)22-17(24)30/h2-4,8-9,11-13,15-16,27-29,32H,5-6H2,1H3,(H,33,34)(H,35,36)(H,37,38)(H2,21,23,31)(H,22,26,30)/t8-,9-,11-,12-,13-,15-,16-,19-/m1/s1. The highest BCUT2D eigenvalue weighted by molar-refractivity contribution is 7.66. The molecule has 0 amide bonds. The molecule has 2 saturated heterocycles. The number of rotatable bonds is 12.